The summed E-state index contributed by atoms with van der Waals surface area (Å²) in [6, 6.07) is 6.82. The van der Waals surface area contributed by atoms with Gasteiger partial charge in [-0.1, -0.05) is 19.3 Å². The van der Waals surface area contributed by atoms with Gasteiger partial charge in [-0.2, -0.15) is 10.4 Å². The Hall–Kier alpha value is -2.23. The molecule has 2 unspecified atom stereocenters. The van der Waals surface area contributed by atoms with Gasteiger partial charge in [-0.25, -0.2) is 8.78 Å². The second kappa shape index (κ2) is 5.69. The van der Waals surface area contributed by atoms with E-state index < -0.39 is 18.4 Å². The second-order valence-electron chi connectivity index (χ2n) is 7.34. The van der Waals surface area contributed by atoms with E-state index in [-0.39, 0.29) is 16.9 Å². The third-order valence-electron chi connectivity index (χ3n) is 4.82. The van der Waals surface area contributed by atoms with Gasteiger partial charge in [0.1, 0.15) is 19.3 Å². The quantitative estimate of drug-likeness (QED) is 0.775. The molecule has 0 amide bonds. The summed E-state index contributed by atoms with van der Waals surface area (Å²) in [6.07, 6.45) is -1.84. The Kier molecular flexibility index (Phi) is 3.94. The fourth-order valence-electron chi connectivity index (χ4n) is 3.75. The van der Waals surface area contributed by atoms with Crippen LogP contribution in [-0.4, -0.2) is 31.8 Å². The number of ketones is 1. The van der Waals surface area contributed by atoms with E-state index in [1.54, 1.807) is 31.1 Å². The first-order valence-corrected chi connectivity index (χ1v) is 7.93. The van der Waals surface area contributed by atoms with Gasteiger partial charge in [0.2, 0.25) is 0 Å². The van der Waals surface area contributed by atoms with Crippen LogP contribution in [0.25, 0.3) is 0 Å². The van der Waals surface area contributed by atoms with Crippen molar-refractivity contribution < 1.29 is 13.6 Å². The molecule has 0 N–H and O–H groups in total. The number of halogens is 2. The van der Waals surface area contributed by atoms with Crippen molar-refractivity contribution in [2.24, 2.45) is 16.4 Å². The third kappa shape index (κ3) is 2.70. The molecule has 1 saturated carbocycles. The number of hydrogen-bond acceptors (Lipinski definition) is 4. The molecule has 1 heterocycles. The molecule has 124 valence electrons. The van der Waals surface area contributed by atoms with Crippen LogP contribution in [0.4, 0.5) is 14.5 Å². The average Bonchev–Trinajstić information content (AvgIpc) is 2.85. The summed E-state index contributed by atoms with van der Waals surface area (Å²) in [7, 11) is 1.79. The zero-order chi connectivity index (χ0) is 17.6. The number of fused-ring (bicyclic) bond motifs is 1. The van der Waals surface area contributed by atoms with Crippen LogP contribution in [0.5, 0.6) is 0 Å². The smallest absolute Gasteiger partial charge is 0.279 e. The van der Waals surface area contributed by atoms with E-state index in [0.29, 0.717) is 24.1 Å². The summed E-state index contributed by atoms with van der Waals surface area (Å²) in [5.74, 6) is -1.00. The van der Waals surface area contributed by atoms with Crippen molar-refractivity contribution in [3.63, 3.8) is 0 Å². The lowest BCUT2D eigenvalue weighted by Crippen LogP contribution is -2.47. The van der Waals surface area contributed by atoms with Crippen molar-refractivity contribution in [1.29, 1.82) is 5.26 Å². The molecule has 24 heavy (non-hydrogen) atoms. The van der Waals surface area contributed by atoms with Gasteiger partial charge in [-0.3, -0.25) is 9.80 Å². The number of hydrazone groups is 1. The molecule has 1 aliphatic heterocycles. The van der Waals surface area contributed by atoms with Crippen LogP contribution in [-0.2, 0) is 4.79 Å². The molecular weight excluding hydrogens is 311 g/mol. The minimum Gasteiger partial charge on any atom is -0.299 e. The summed E-state index contributed by atoms with van der Waals surface area (Å²) >= 11 is 0. The van der Waals surface area contributed by atoms with E-state index in [1.165, 1.54) is 0 Å². The summed E-state index contributed by atoms with van der Waals surface area (Å²) in [5, 5.41) is 14.7. The lowest BCUT2D eigenvalue weighted by molar-refractivity contribution is -0.126. The van der Waals surface area contributed by atoms with Crippen molar-refractivity contribution in [3.05, 3.63) is 23.8 Å². The third-order valence-corrected chi connectivity index (χ3v) is 4.82. The van der Waals surface area contributed by atoms with Crippen LogP contribution in [0.15, 0.2) is 23.3 Å². The first kappa shape index (κ1) is 16.6. The van der Waals surface area contributed by atoms with Gasteiger partial charge in [0, 0.05) is 12.0 Å². The van der Waals surface area contributed by atoms with Gasteiger partial charge < -0.3 is 0 Å². The Bertz CT molecular complexity index is 770. The molecule has 0 saturated heterocycles. The van der Waals surface area contributed by atoms with Crippen LogP contribution in [0, 0.1) is 22.7 Å². The molecule has 1 aromatic carbocycles. The number of alkyl halides is 2. The highest BCUT2D eigenvalue weighted by Gasteiger charge is 2.51. The van der Waals surface area contributed by atoms with E-state index >= 15 is 0 Å². The highest BCUT2D eigenvalue weighted by atomic mass is 19.3. The van der Waals surface area contributed by atoms with Crippen LogP contribution < -0.4 is 10.5 Å². The van der Waals surface area contributed by atoms with Crippen molar-refractivity contribution in [2.75, 3.05) is 5.01 Å². The molecule has 7 heteroatoms. The normalized spacial score (nSPS) is 25.4. The molecule has 4 nitrogen and oxygen atoms in total. The summed E-state index contributed by atoms with van der Waals surface area (Å²) in [4.78, 5) is 12.5. The van der Waals surface area contributed by atoms with E-state index in [0.717, 1.165) is 5.46 Å². The Balaban J connectivity index is 2.05. The molecule has 0 aromatic heterocycles. The minimum absolute atomic E-state index is 0.164. The van der Waals surface area contributed by atoms with Crippen molar-refractivity contribution >= 4 is 30.5 Å². The van der Waals surface area contributed by atoms with Gasteiger partial charge >= 0.3 is 0 Å². The van der Waals surface area contributed by atoms with Gasteiger partial charge in [0.25, 0.3) is 6.43 Å². The van der Waals surface area contributed by atoms with E-state index in [2.05, 4.69) is 11.2 Å². The first-order chi connectivity index (χ1) is 11.2. The molecule has 2 aliphatic rings. The minimum atomic E-state index is -2.74. The first-order valence-electron chi connectivity index (χ1n) is 7.93. The maximum atomic E-state index is 13.4. The van der Waals surface area contributed by atoms with Crippen LogP contribution in [0.3, 0.4) is 0 Å². The standard InChI is InChI=1S/C17H18BF2N3O/c1-17(2)6-12-14(13(24)7-17)15(16(19)20)22-23(12)10-4-3-9(8-21)11(18)5-10/h3-5,12,14,16H,6-7,18H2,1-2H3. The molecule has 0 bridgehead atoms. The maximum Gasteiger partial charge on any atom is 0.279 e. The topological polar surface area (TPSA) is 56.5 Å². The number of carbonyl (C=O) groups is 1. The van der Waals surface area contributed by atoms with E-state index in [4.69, 9.17) is 5.26 Å². The Morgan fingerprint density at radius 2 is 2.17 bits per heavy atom. The summed E-state index contributed by atoms with van der Waals surface area (Å²) in [6.45, 7) is 3.95. The number of nitriles is 1. The van der Waals surface area contributed by atoms with Crippen LogP contribution >= 0.6 is 0 Å². The second-order valence-corrected chi connectivity index (χ2v) is 7.34. The molecule has 2 atom stereocenters. The molecule has 0 radical (unpaired) electrons. The molecule has 3 rings (SSSR count). The number of hydrogen-bond donors (Lipinski definition) is 0. The Labute approximate surface area is 140 Å². The van der Waals surface area contributed by atoms with Gasteiger partial charge in [-0.05, 0) is 30.0 Å². The number of carbonyl (C=O) groups excluding carboxylic acids is 1. The van der Waals surface area contributed by atoms with Crippen molar-refractivity contribution in [3.8, 4) is 6.07 Å². The van der Waals surface area contributed by atoms with Crippen LogP contribution in [0.1, 0.15) is 32.3 Å². The van der Waals surface area contributed by atoms with Gasteiger partial charge in [-0.15, -0.1) is 0 Å². The van der Waals surface area contributed by atoms with Crippen LogP contribution in [0.2, 0.25) is 0 Å². The van der Waals surface area contributed by atoms with Crippen molar-refractivity contribution in [2.45, 2.75) is 39.2 Å². The van der Waals surface area contributed by atoms with E-state index in [1.807, 2.05) is 13.8 Å². The largest absolute Gasteiger partial charge is 0.299 e. The summed E-state index contributed by atoms with van der Waals surface area (Å²) in [5.41, 5.74) is 1.36. The molecule has 0 spiro atoms. The highest BCUT2D eigenvalue weighted by Crippen LogP contribution is 2.44. The lowest BCUT2D eigenvalue weighted by Gasteiger charge is -2.39. The predicted octanol–water partition coefficient (Wildman–Crippen LogP) is 1.63. The van der Waals surface area contributed by atoms with Gasteiger partial charge in [0.15, 0.2) is 0 Å². The van der Waals surface area contributed by atoms with Crippen molar-refractivity contribution in [1.82, 2.24) is 0 Å². The molecule has 1 aliphatic carbocycles. The highest BCUT2D eigenvalue weighted by molar-refractivity contribution is 6.34. The molecule has 1 fully saturated rings. The number of anilines is 1. The zero-order valence-electron chi connectivity index (χ0n) is 13.9. The summed E-state index contributed by atoms with van der Waals surface area (Å²) < 4.78 is 26.8. The Morgan fingerprint density at radius 1 is 1.46 bits per heavy atom. The lowest BCUT2D eigenvalue weighted by atomic mass is 9.68. The fraction of sp³-hybridized carbons (Fsp3) is 0.471. The number of benzene rings is 1. The zero-order valence-corrected chi connectivity index (χ0v) is 13.9. The molecular formula is C17H18BF2N3O. The van der Waals surface area contributed by atoms with Gasteiger partial charge in [0.05, 0.1) is 23.7 Å². The number of rotatable bonds is 2. The number of Topliss-reactive ketones (excluding diaryl/α,β-unsaturated/α-hetero) is 1. The maximum absolute atomic E-state index is 13.4. The SMILES string of the molecule is Bc1cc(N2N=C(C(F)F)C3C(=O)CC(C)(C)CC32)ccc1C#N. The fourth-order valence-corrected chi connectivity index (χ4v) is 3.75. The average molecular weight is 329 g/mol. The Morgan fingerprint density at radius 3 is 2.75 bits per heavy atom. The molecule has 1 aromatic rings. The predicted molar refractivity (Wildman–Crippen MR) is 90.6 cm³/mol. The number of nitrogens with zero attached hydrogens (tertiary/aromatic N) is 3. The van der Waals surface area contributed by atoms with E-state index in [9.17, 15) is 13.6 Å². The monoisotopic (exact) mass is 329 g/mol.